The Bertz CT molecular complexity index is 387. The van der Waals surface area contributed by atoms with Gasteiger partial charge >= 0.3 is 0 Å². The summed E-state index contributed by atoms with van der Waals surface area (Å²) in [6, 6.07) is 2.75. The lowest BCUT2D eigenvalue weighted by molar-refractivity contribution is -0.109. The SMILES string of the molecule is CCCCCC(C=O)c1ccc(O)c(O)c1O. The summed E-state index contributed by atoms with van der Waals surface area (Å²) < 4.78 is 0. The van der Waals surface area contributed by atoms with Crippen LogP contribution in [0.25, 0.3) is 0 Å². The molecule has 0 bridgehead atoms. The normalized spacial score (nSPS) is 12.3. The van der Waals surface area contributed by atoms with Crippen LogP contribution in [0.5, 0.6) is 17.2 Å². The highest BCUT2D eigenvalue weighted by molar-refractivity contribution is 5.67. The zero-order valence-electron chi connectivity index (χ0n) is 9.89. The van der Waals surface area contributed by atoms with Gasteiger partial charge in [0.2, 0.25) is 5.75 Å². The molecule has 4 nitrogen and oxygen atoms in total. The molecule has 0 aliphatic carbocycles. The molecular formula is C13H18O4. The molecule has 17 heavy (non-hydrogen) atoms. The molecule has 1 aromatic carbocycles. The van der Waals surface area contributed by atoms with Gasteiger partial charge in [-0.25, -0.2) is 0 Å². The Balaban J connectivity index is 2.88. The molecule has 1 unspecified atom stereocenters. The number of carbonyl (C=O) groups is 1. The molecule has 1 rings (SSSR count). The van der Waals surface area contributed by atoms with Gasteiger partial charge in [0.15, 0.2) is 11.5 Å². The maximum atomic E-state index is 11.0. The molecule has 1 atom stereocenters. The van der Waals surface area contributed by atoms with Crippen LogP contribution in [-0.2, 0) is 4.79 Å². The first-order chi connectivity index (χ1) is 8.11. The van der Waals surface area contributed by atoms with Crippen molar-refractivity contribution >= 4 is 6.29 Å². The summed E-state index contributed by atoms with van der Waals surface area (Å²) in [5, 5.41) is 28.2. The van der Waals surface area contributed by atoms with Gasteiger partial charge in [-0.15, -0.1) is 0 Å². The van der Waals surface area contributed by atoms with E-state index < -0.39 is 17.4 Å². The molecule has 0 saturated carbocycles. The van der Waals surface area contributed by atoms with Crippen molar-refractivity contribution < 1.29 is 20.1 Å². The van der Waals surface area contributed by atoms with Crippen molar-refractivity contribution in [3.05, 3.63) is 17.7 Å². The van der Waals surface area contributed by atoms with E-state index in [2.05, 4.69) is 6.92 Å². The Morgan fingerprint density at radius 3 is 2.47 bits per heavy atom. The number of aromatic hydroxyl groups is 3. The molecule has 0 heterocycles. The first-order valence-corrected chi connectivity index (χ1v) is 5.80. The lowest BCUT2D eigenvalue weighted by Gasteiger charge is -2.13. The van der Waals surface area contributed by atoms with Crippen LogP contribution in [0.3, 0.4) is 0 Å². The van der Waals surface area contributed by atoms with Gasteiger partial charge in [0.25, 0.3) is 0 Å². The number of phenols is 3. The summed E-state index contributed by atoms with van der Waals surface area (Å²) in [5.41, 5.74) is 0.367. The smallest absolute Gasteiger partial charge is 0.200 e. The van der Waals surface area contributed by atoms with Crippen molar-refractivity contribution in [2.24, 2.45) is 0 Å². The Morgan fingerprint density at radius 2 is 1.88 bits per heavy atom. The molecule has 0 saturated heterocycles. The van der Waals surface area contributed by atoms with E-state index in [9.17, 15) is 20.1 Å². The molecule has 0 fully saturated rings. The van der Waals surface area contributed by atoms with Crippen molar-refractivity contribution in [1.29, 1.82) is 0 Å². The molecule has 4 heteroatoms. The molecule has 0 amide bonds. The lowest BCUT2D eigenvalue weighted by atomic mass is 9.93. The van der Waals surface area contributed by atoms with Crippen molar-refractivity contribution in [1.82, 2.24) is 0 Å². The van der Waals surface area contributed by atoms with Crippen LogP contribution in [-0.4, -0.2) is 21.6 Å². The summed E-state index contributed by atoms with van der Waals surface area (Å²) in [4.78, 5) is 11.0. The average molecular weight is 238 g/mol. The minimum atomic E-state index is -0.565. The predicted octanol–water partition coefficient (Wildman–Crippen LogP) is 2.67. The van der Waals surface area contributed by atoms with Gasteiger partial charge in [0.1, 0.15) is 6.29 Å². The predicted molar refractivity (Wildman–Crippen MR) is 64.4 cm³/mol. The first-order valence-electron chi connectivity index (χ1n) is 5.80. The van der Waals surface area contributed by atoms with Gasteiger partial charge in [0, 0.05) is 11.5 Å². The fourth-order valence-corrected chi connectivity index (χ4v) is 1.79. The third-order valence-electron chi connectivity index (χ3n) is 2.84. The number of hydrogen-bond acceptors (Lipinski definition) is 4. The van der Waals surface area contributed by atoms with Gasteiger partial charge in [-0.2, -0.15) is 0 Å². The van der Waals surface area contributed by atoms with Gasteiger partial charge < -0.3 is 20.1 Å². The summed E-state index contributed by atoms with van der Waals surface area (Å²) in [7, 11) is 0. The molecular weight excluding hydrogens is 220 g/mol. The Morgan fingerprint density at radius 1 is 1.18 bits per heavy atom. The third kappa shape index (κ3) is 3.12. The molecule has 0 aromatic heterocycles. The summed E-state index contributed by atoms with van der Waals surface area (Å²) >= 11 is 0. The number of phenolic OH excluding ortho intramolecular Hbond substituents is 3. The van der Waals surface area contributed by atoms with Gasteiger partial charge in [0.05, 0.1) is 0 Å². The summed E-state index contributed by atoms with van der Waals surface area (Å²) in [6.07, 6.45) is 4.37. The standard InChI is InChI=1S/C13H18O4/c1-2-3-4-5-9(8-14)10-6-7-11(15)13(17)12(10)16/h6-9,15-17H,2-5H2,1H3. The number of rotatable bonds is 6. The second-order valence-corrected chi connectivity index (χ2v) is 4.11. The fourth-order valence-electron chi connectivity index (χ4n) is 1.79. The highest BCUT2D eigenvalue weighted by atomic mass is 16.3. The molecule has 3 N–H and O–H groups in total. The maximum Gasteiger partial charge on any atom is 0.200 e. The average Bonchev–Trinajstić information content (AvgIpc) is 2.33. The molecule has 0 aliphatic rings. The molecule has 0 spiro atoms. The third-order valence-corrected chi connectivity index (χ3v) is 2.84. The fraction of sp³-hybridized carbons (Fsp3) is 0.462. The first kappa shape index (κ1) is 13.4. The highest BCUT2D eigenvalue weighted by Crippen LogP contribution is 2.40. The van der Waals surface area contributed by atoms with Crippen LogP contribution < -0.4 is 0 Å². The monoisotopic (exact) mass is 238 g/mol. The van der Waals surface area contributed by atoms with Crippen LogP contribution in [0, 0.1) is 0 Å². The van der Waals surface area contributed by atoms with Crippen LogP contribution in [0.15, 0.2) is 12.1 Å². The van der Waals surface area contributed by atoms with Crippen molar-refractivity contribution in [2.45, 2.75) is 38.5 Å². The van der Waals surface area contributed by atoms with Crippen LogP contribution in [0.1, 0.15) is 44.1 Å². The van der Waals surface area contributed by atoms with E-state index in [-0.39, 0.29) is 5.75 Å². The van der Waals surface area contributed by atoms with Crippen molar-refractivity contribution in [3.63, 3.8) is 0 Å². The highest BCUT2D eigenvalue weighted by Gasteiger charge is 2.18. The second kappa shape index (κ2) is 6.13. The minimum Gasteiger partial charge on any atom is -0.504 e. The molecule has 94 valence electrons. The van der Waals surface area contributed by atoms with Gasteiger partial charge in [-0.3, -0.25) is 0 Å². The molecule has 0 aliphatic heterocycles. The zero-order chi connectivity index (χ0) is 12.8. The minimum absolute atomic E-state index is 0.367. The van der Waals surface area contributed by atoms with Crippen molar-refractivity contribution in [3.8, 4) is 17.2 Å². The van der Waals surface area contributed by atoms with E-state index in [1.807, 2.05) is 0 Å². The molecule has 0 radical (unpaired) electrons. The van der Waals surface area contributed by atoms with Gasteiger partial charge in [-0.1, -0.05) is 32.3 Å². The van der Waals surface area contributed by atoms with Gasteiger partial charge in [-0.05, 0) is 12.5 Å². The quantitative estimate of drug-likeness (QED) is 0.404. The Labute approximate surface area is 101 Å². The van der Waals surface area contributed by atoms with Crippen LogP contribution in [0.4, 0.5) is 0 Å². The second-order valence-electron chi connectivity index (χ2n) is 4.11. The van der Waals surface area contributed by atoms with E-state index >= 15 is 0 Å². The summed E-state index contributed by atoms with van der Waals surface area (Å²) in [6.45, 7) is 2.07. The van der Waals surface area contributed by atoms with Crippen molar-refractivity contribution in [2.75, 3.05) is 0 Å². The number of hydrogen-bond donors (Lipinski definition) is 3. The van der Waals surface area contributed by atoms with E-state index in [1.54, 1.807) is 0 Å². The number of aldehydes is 1. The summed E-state index contributed by atoms with van der Waals surface area (Å²) in [5.74, 6) is -1.79. The van der Waals surface area contributed by atoms with E-state index in [4.69, 9.17) is 0 Å². The van der Waals surface area contributed by atoms with Crippen LogP contribution in [0.2, 0.25) is 0 Å². The number of carbonyl (C=O) groups excluding carboxylic acids is 1. The van der Waals surface area contributed by atoms with E-state index in [1.165, 1.54) is 12.1 Å². The number of benzene rings is 1. The number of unbranched alkanes of at least 4 members (excludes halogenated alkanes) is 2. The Kier molecular flexibility index (Phi) is 4.82. The topological polar surface area (TPSA) is 77.8 Å². The zero-order valence-corrected chi connectivity index (χ0v) is 9.89. The largest absolute Gasteiger partial charge is 0.504 e. The Hall–Kier alpha value is -1.71. The molecule has 1 aromatic rings. The van der Waals surface area contributed by atoms with E-state index in [0.29, 0.717) is 12.0 Å². The lowest BCUT2D eigenvalue weighted by Crippen LogP contribution is -2.01. The van der Waals surface area contributed by atoms with E-state index in [0.717, 1.165) is 25.5 Å². The van der Waals surface area contributed by atoms with Crippen LogP contribution >= 0.6 is 0 Å². The maximum absolute atomic E-state index is 11.0.